The Morgan fingerprint density at radius 3 is 2.55 bits per heavy atom. The Morgan fingerprint density at radius 1 is 1.10 bits per heavy atom. The summed E-state index contributed by atoms with van der Waals surface area (Å²) in [6.45, 7) is 9.30. The topological polar surface area (TPSA) is 79.4 Å². The number of H-pyrrole nitrogens is 1. The van der Waals surface area contributed by atoms with E-state index in [1.807, 2.05) is 6.07 Å². The Labute approximate surface area is 177 Å². The van der Waals surface area contributed by atoms with Crippen LogP contribution in [-0.4, -0.2) is 47.3 Å². The lowest BCUT2D eigenvalue weighted by molar-refractivity contribution is 0.0370. The molecule has 2 aromatic rings. The fraction of sp³-hybridized carbons (Fsp3) is 0.524. The van der Waals surface area contributed by atoms with Crippen molar-refractivity contribution < 1.29 is 4.74 Å². The summed E-state index contributed by atoms with van der Waals surface area (Å²) in [5.74, 6) is 0.533. The summed E-state index contributed by atoms with van der Waals surface area (Å²) in [7, 11) is 0. The van der Waals surface area contributed by atoms with Gasteiger partial charge in [-0.2, -0.15) is 0 Å². The Hall–Kier alpha value is -2.09. The van der Waals surface area contributed by atoms with Crippen molar-refractivity contribution in [1.82, 2.24) is 14.5 Å². The molecular weight excluding hydrogens is 392 g/mol. The zero-order valence-corrected chi connectivity index (χ0v) is 18.0. The molecule has 0 radical (unpaired) electrons. The minimum Gasteiger partial charge on any atom is -0.379 e. The first-order valence-corrected chi connectivity index (χ1v) is 10.1. The monoisotopic (exact) mass is 422 g/mol. The molecule has 1 aliphatic rings. The van der Waals surface area contributed by atoms with Crippen LogP contribution in [0.3, 0.4) is 0 Å². The second-order valence-corrected chi connectivity index (χ2v) is 7.26. The molecule has 7 nitrogen and oxygen atoms in total. The van der Waals surface area contributed by atoms with Crippen molar-refractivity contribution in [2.24, 2.45) is 0 Å². The summed E-state index contributed by atoms with van der Waals surface area (Å²) in [5.41, 5.74) is 2.60. The van der Waals surface area contributed by atoms with Gasteiger partial charge in [-0.05, 0) is 56.0 Å². The second kappa shape index (κ2) is 11.2. The molecule has 1 aromatic carbocycles. The molecule has 0 atom stereocenters. The Morgan fingerprint density at radius 2 is 1.83 bits per heavy atom. The molecule has 1 saturated heterocycles. The molecule has 0 aliphatic carbocycles. The van der Waals surface area contributed by atoms with Gasteiger partial charge in [0.05, 0.1) is 13.2 Å². The number of anilines is 2. The summed E-state index contributed by atoms with van der Waals surface area (Å²) in [5, 5.41) is 3.26. The van der Waals surface area contributed by atoms with Crippen molar-refractivity contribution in [1.29, 1.82) is 0 Å². The molecular formula is C21H31ClN4O3. The molecule has 3 rings (SSSR count). The number of hydrogen-bond acceptors (Lipinski definition) is 5. The summed E-state index contributed by atoms with van der Waals surface area (Å²) in [4.78, 5) is 29.0. The highest BCUT2D eigenvalue weighted by Gasteiger charge is 2.11. The molecule has 2 heterocycles. The minimum absolute atomic E-state index is 0. The largest absolute Gasteiger partial charge is 0.379 e. The Kier molecular flexibility index (Phi) is 8.95. The van der Waals surface area contributed by atoms with Gasteiger partial charge in [-0.3, -0.25) is 19.2 Å². The van der Waals surface area contributed by atoms with Gasteiger partial charge in [0.15, 0.2) is 0 Å². The van der Waals surface area contributed by atoms with E-state index in [0.717, 1.165) is 57.8 Å². The maximum atomic E-state index is 12.4. The number of rotatable bonds is 8. The molecule has 2 N–H and O–H groups in total. The number of aromatic amines is 1. The van der Waals surface area contributed by atoms with Crippen molar-refractivity contribution in [3.8, 4) is 0 Å². The van der Waals surface area contributed by atoms with Crippen LogP contribution in [0.25, 0.3) is 0 Å². The van der Waals surface area contributed by atoms with Crippen molar-refractivity contribution >= 4 is 23.9 Å². The zero-order chi connectivity index (χ0) is 19.9. The van der Waals surface area contributed by atoms with Crippen LogP contribution in [0.5, 0.6) is 0 Å². The third-order valence-electron chi connectivity index (χ3n) is 5.25. The zero-order valence-electron chi connectivity index (χ0n) is 17.2. The van der Waals surface area contributed by atoms with Crippen LogP contribution in [-0.2, 0) is 17.7 Å². The fourth-order valence-electron chi connectivity index (χ4n) is 3.55. The molecule has 0 unspecified atom stereocenters. The first-order valence-electron chi connectivity index (χ1n) is 10.1. The average Bonchev–Trinajstić information content (AvgIpc) is 2.69. The van der Waals surface area contributed by atoms with E-state index in [0.29, 0.717) is 12.4 Å². The van der Waals surface area contributed by atoms with E-state index in [4.69, 9.17) is 4.74 Å². The van der Waals surface area contributed by atoms with Crippen molar-refractivity contribution in [3.05, 3.63) is 56.2 Å². The fourth-order valence-corrected chi connectivity index (χ4v) is 3.55. The SMILES string of the molecule is CCc1cc(Nc2cc(=O)[nH]c(=O)n2CCCCN2CCOCC2)ccc1C.Cl. The van der Waals surface area contributed by atoms with Gasteiger partial charge >= 0.3 is 5.69 Å². The van der Waals surface area contributed by atoms with E-state index in [-0.39, 0.29) is 23.7 Å². The Balaban J connectivity index is 0.00000300. The normalized spacial score (nSPS) is 14.4. The van der Waals surface area contributed by atoms with E-state index in [1.54, 1.807) is 4.57 Å². The number of hydrogen-bond donors (Lipinski definition) is 2. The molecule has 1 fully saturated rings. The van der Waals surface area contributed by atoms with Crippen LogP contribution in [0.2, 0.25) is 0 Å². The first kappa shape index (κ1) is 23.2. The molecule has 29 heavy (non-hydrogen) atoms. The Bertz CT molecular complexity index is 904. The summed E-state index contributed by atoms with van der Waals surface area (Å²) in [6.07, 6.45) is 2.80. The van der Waals surface area contributed by atoms with Crippen LogP contribution < -0.4 is 16.6 Å². The van der Waals surface area contributed by atoms with E-state index in [9.17, 15) is 9.59 Å². The van der Waals surface area contributed by atoms with Crippen molar-refractivity contribution in [2.45, 2.75) is 39.7 Å². The van der Waals surface area contributed by atoms with Crippen molar-refractivity contribution in [2.75, 3.05) is 38.2 Å². The molecule has 1 aliphatic heterocycles. The number of benzene rings is 1. The molecule has 1 aromatic heterocycles. The number of aromatic nitrogens is 2. The standard InChI is InChI=1S/C21H30N4O3.ClH/c1-3-17-14-18(7-6-16(17)2)22-19-15-20(26)23-21(27)25(19)9-5-4-8-24-10-12-28-13-11-24;/h6-7,14-15,22H,3-5,8-13H2,1-2H3,(H,23,26,27);1H. The summed E-state index contributed by atoms with van der Waals surface area (Å²) < 4.78 is 6.99. The number of unbranched alkanes of at least 4 members (excludes halogenated alkanes) is 1. The highest BCUT2D eigenvalue weighted by atomic mass is 35.5. The molecule has 0 bridgehead atoms. The highest BCUT2D eigenvalue weighted by Crippen LogP contribution is 2.19. The number of aryl methyl sites for hydroxylation is 2. The van der Waals surface area contributed by atoms with Gasteiger partial charge < -0.3 is 10.1 Å². The van der Waals surface area contributed by atoms with Gasteiger partial charge in [0.25, 0.3) is 5.56 Å². The van der Waals surface area contributed by atoms with Gasteiger partial charge in [0, 0.05) is 31.4 Å². The second-order valence-electron chi connectivity index (χ2n) is 7.26. The lowest BCUT2D eigenvalue weighted by Crippen LogP contribution is -2.37. The smallest absolute Gasteiger partial charge is 0.329 e. The maximum absolute atomic E-state index is 12.4. The van der Waals surface area contributed by atoms with Crippen LogP contribution in [0, 0.1) is 6.92 Å². The minimum atomic E-state index is -0.389. The number of nitrogens with one attached hydrogen (secondary N) is 2. The maximum Gasteiger partial charge on any atom is 0.329 e. The average molecular weight is 423 g/mol. The van der Waals surface area contributed by atoms with Gasteiger partial charge in [0.1, 0.15) is 5.82 Å². The molecule has 0 spiro atoms. The van der Waals surface area contributed by atoms with Gasteiger partial charge in [-0.15, -0.1) is 12.4 Å². The van der Waals surface area contributed by atoms with Crippen LogP contribution in [0.1, 0.15) is 30.9 Å². The van der Waals surface area contributed by atoms with Crippen LogP contribution in [0.4, 0.5) is 11.5 Å². The third kappa shape index (κ3) is 6.45. The molecule has 8 heteroatoms. The van der Waals surface area contributed by atoms with Crippen LogP contribution >= 0.6 is 12.4 Å². The third-order valence-corrected chi connectivity index (χ3v) is 5.25. The van der Waals surface area contributed by atoms with Gasteiger partial charge in [-0.1, -0.05) is 13.0 Å². The lowest BCUT2D eigenvalue weighted by Gasteiger charge is -2.26. The van der Waals surface area contributed by atoms with E-state index in [1.165, 1.54) is 17.2 Å². The number of morpholine rings is 1. The number of nitrogens with zero attached hydrogens (tertiary/aromatic N) is 2. The van der Waals surface area contributed by atoms with E-state index < -0.39 is 0 Å². The van der Waals surface area contributed by atoms with Crippen molar-refractivity contribution in [3.63, 3.8) is 0 Å². The summed E-state index contributed by atoms with van der Waals surface area (Å²) >= 11 is 0. The lowest BCUT2D eigenvalue weighted by atomic mass is 10.1. The van der Waals surface area contributed by atoms with E-state index in [2.05, 4.69) is 41.2 Å². The number of halogens is 1. The molecule has 0 amide bonds. The van der Waals surface area contributed by atoms with Crippen LogP contribution in [0.15, 0.2) is 33.9 Å². The first-order chi connectivity index (χ1) is 13.6. The number of ether oxygens (including phenoxy) is 1. The summed E-state index contributed by atoms with van der Waals surface area (Å²) in [6, 6.07) is 7.56. The highest BCUT2D eigenvalue weighted by molar-refractivity contribution is 5.85. The van der Waals surface area contributed by atoms with Gasteiger partial charge in [-0.25, -0.2) is 4.79 Å². The molecule has 0 saturated carbocycles. The molecule has 160 valence electrons. The predicted octanol–water partition coefficient (Wildman–Crippen LogP) is 2.69. The quantitative estimate of drug-likeness (QED) is 0.639. The van der Waals surface area contributed by atoms with Gasteiger partial charge in [0.2, 0.25) is 0 Å². The van der Waals surface area contributed by atoms with E-state index >= 15 is 0 Å². The predicted molar refractivity (Wildman–Crippen MR) is 119 cm³/mol.